The van der Waals surface area contributed by atoms with Crippen molar-refractivity contribution < 1.29 is 14.6 Å². The van der Waals surface area contributed by atoms with Crippen molar-refractivity contribution in [1.82, 2.24) is 4.98 Å². The van der Waals surface area contributed by atoms with Crippen LogP contribution in [0.5, 0.6) is 0 Å². The highest BCUT2D eigenvalue weighted by Gasteiger charge is 2.19. The lowest BCUT2D eigenvalue weighted by molar-refractivity contribution is -0.621. The summed E-state index contributed by atoms with van der Waals surface area (Å²) in [6.07, 6.45) is 1.62. The molecule has 0 saturated heterocycles. The van der Waals surface area contributed by atoms with Gasteiger partial charge in [0, 0.05) is 13.3 Å². The number of aromatic nitrogens is 2. The molecule has 0 aliphatic heterocycles. The molecule has 0 aliphatic carbocycles. The lowest BCUT2D eigenvalue weighted by atomic mass is 10.2. The maximum Gasteiger partial charge on any atom is 0.361 e. The van der Waals surface area contributed by atoms with Crippen molar-refractivity contribution in [2.75, 3.05) is 0 Å². The van der Waals surface area contributed by atoms with Gasteiger partial charge in [0.1, 0.15) is 0 Å². The summed E-state index contributed by atoms with van der Waals surface area (Å²) in [7, 11) is 0. The molecule has 0 saturated carbocycles. The summed E-state index contributed by atoms with van der Waals surface area (Å²) in [6.45, 7) is 3.31. The molecular weight excluding hydrogens is 172 g/mol. The number of nitrogens with zero attached hydrogens (tertiary/aromatic N) is 2. The van der Waals surface area contributed by atoms with Gasteiger partial charge in [0.2, 0.25) is 17.1 Å². The average molecular weight is 182 g/mol. The first-order valence-corrected chi connectivity index (χ1v) is 3.89. The predicted octanol–water partition coefficient (Wildman–Crippen LogP) is 0.284. The highest BCUT2D eigenvalue weighted by molar-refractivity contribution is 5.86. The third kappa shape index (κ3) is 1.58. The second-order valence-corrected chi connectivity index (χ2v) is 2.65. The van der Waals surface area contributed by atoms with Crippen LogP contribution in [0.3, 0.4) is 0 Å². The minimum Gasteiger partial charge on any atom is -0.618 e. The highest BCUT2D eigenvalue weighted by atomic mass is 16.5. The Hall–Kier alpha value is -1.65. The van der Waals surface area contributed by atoms with Crippen LogP contribution >= 0.6 is 0 Å². The van der Waals surface area contributed by atoms with Gasteiger partial charge in [-0.05, 0) is 0 Å². The topological polar surface area (TPSA) is 77.1 Å². The molecule has 1 heterocycles. The van der Waals surface area contributed by atoms with Crippen LogP contribution in [0.2, 0.25) is 0 Å². The Bertz CT molecular complexity index is 349. The molecular formula is C8H10N2O3. The first-order chi connectivity index (χ1) is 6.07. The van der Waals surface area contributed by atoms with Crippen LogP contribution < -0.4 is 4.73 Å². The van der Waals surface area contributed by atoms with E-state index in [9.17, 15) is 10.0 Å². The van der Waals surface area contributed by atoms with E-state index in [1.807, 2.05) is 0 Å². The minimum atomic E-state index is -1.17. The fraction of sp³-hybridized carbons (Fsp3) is 0.375. The van der Waals surface area contributed by atoms with E-state index >= 15 is 0 Å². The highest BCUT2D eigenvalue weighted by Crippen LogP contribution is 2.02. The van der Waals surface area contributed by atoms with Crippen molar-refractivity contribution in [2.24, 2.45) is 0 Å². The molecule has 0 unspecified atom stereocenters. The van der Waals surface area contributed by atoms with Crippen LogP contribution in [-0.4, -0.2) is 16.1 Å². The number of carboxylic acid groups (broad SMARTS) is 1. The van der Waals surface area contributed by atoms with E-state index < -0.39 is 5.97 Å². The zero-order valence-electron chi connectivity index (χ0n) is 7.44. The van der Waals surface area contributed by atoms with Gasteiger partial charge < -0.3 is 10.3 Å². The van der Waals surface area contributed by atoms with Crippen molar-refractivity contribution in [3.63, 3.8) is 0 Å². The molecule has 0 bridgehead atoms. The molecule has 0 aromatic carbocycles. The molecule has 0 aliphatic rings. The SMILES string of the molecule is CCc1c(C(=O)O)ncc(C)[n+]1[O-]. The number of carbonyl (C=O) groups is 1. The Kier molecular flexibility index (Phi) is 2.46. The molecule has 0 radical (unpaired) electrons. The van der Waals surface area contributed by atoms with Crippen LogP contribution in [0.4, 0.5) is 0 Å². The second-order valence-electron chi connectivity index (χ2n) is 2.65. The molecule has 0 spiro atoms. The zero-order chi connectivity index (χ0) is 10.0. The lowest BCUT2D eigenvalue weighted by Gasteiger charge is -2.06. The number of hydrogen-bond acceptors (Lipinski definition) is 3. The van der Waals surface area contributed by atoms with Gasteiger partial charge >= 0.3 is 5.97 Å². The van der Waals surface area contributed by atoms with Crippen molar-refractivity contribution >= 4 is 5.97 Å². The summed E-state index contributed by atoms with van der Waals surface area (Å²) in [5.74, 6) is -1.17. The van der Waals surface area contributed by atoms with Crippen LogP contribution in [0.15, 0.2) is 6.20 Å². The fourth-order valence-corrected chi connectivity index (χ4v) is 1.08. The van der Waals surface area contributed by atoms with Crippen LogP contribution in [-0.2, 0) is 6.42 Å². The van der Waals surface area contributed by atoms with Gasteiger partial charge in [-0.15, -0.1) is 0 Å². The van der Waals surface area contributed by atoms with E-state index in [2.05, 4.69) is 4.98 Å². The predicted molar refractivity (Wildman–Crippen MR) is 44.3 cm³/mol. The molecule has 13 heavy (non-hydrogen) atoms. The zero-order valence-corrected chi connectivity index (χ0v) is 7.44. The number of rotatable bonds is 2. The van der Waals surface area contributed by atoms with Crippen molar-refractivity contribution in [3.05, 3.63) is 28.5 Å². The molecule has 0 atom stereocenters. The lowest BCUT2D eigenvalue weighted by Crippen LogP contribution is -2.38. The summed E-state index contributed by atoms with van der Waals surface area (Å²) in [5.41, 5.74) is 0.442. The summed E-state index contributed by atoms with van der Waals surface area (Å²) in [4.78, 5) is 14.3. The molecule has 5 nitrogen and oxygen atoms in total. The quantitative estimate of drug-likeness (QED) is 0.526. The summed E-state index contributed by atoms with van der Waals surface area (Å²) in [6, 6.07) is 0. The smallest absolute Gasteiger partial charge is 0.361 e. The van der Waals surface area contributed by atoms with E-state index in [-0.39, 0.29) is 11.4 Å². The van der Waals surface area contributed by atoms with Crippen molar-refractivity contribution in [3.8, 4) is 0 Å². The first kappa shape index (κ1) is 9.44. The Morgan fingerprint density at radius 3 is 2.85 bits per heavy atom. The van der Waals surface area contributed by atoms with Gasteiger partial charge in [-0.3, -0.25) is 0 Å². The number of aryl methyl sites for hydroxylation is 1. The maximum atomic E-state index is 11.3. The molecule has 0 amide bonds. The molecule has 1 rings (SSSR count). The molecule has 1 N–H and O–H groups in total. The monoisotopic (exact) mass is 182 g/mol. The van der Waals surface area contributed by atoms with Gasteiger partial charge in [0.05, 0.1) is 6.20 Å². The number of carboxylic acids is 1. The maximum absolute atomic E-state index is 11.3. The third-order valence-electron chi connectivity index (χ3n) is 1.76. The van der Waals surface area contributed by atoms with E-state index in [1.165, 1.54) is 6.20 Å². The van der Waals surface area contributed by atoms with Gasteiger partial charge in [0.15, 0.2) is 0 Å². The molecule has 5 heteroatoms. The summed E-state index contributed by atoms with van der Waals surface area (Å²) in [5, 5.41) is 20.0. The van der Waals surface area contributed by atoms with E-state index in [0.717, 1.165) is 0 Å². The molecule has 70 valence electrons. The largest absolute Gasteiger partial charge is 0.618 e. The molecule has 1 aromatic heterocycles. The van der Waals surface area contributed by atoms with Gasteiger partial charge in [-0.2, -0.15) is 4.73 Å². The standard InChI is InChI=1S/C8H10N2O3/c1-3-6-7(8(11)12)9-4-5(2)10(6)13/h4H,3H2,1-2H3,(H,11,12). The summed E-state index contributed by atoms with van der Waals surface area (Å²) < 4.78 is 0.608. The Balaban J connectivity index is 3.38. The Morgan fingerprint density at radius 2 is 2.38 bits per heavy atom. The van der Waals surface area contributed by atoms with Crippen molar-refractivity contribution in [1.29, 1.82) is 0 Å². The molecule has 0 fully saturated rings. The van der Waals surface area contributed by atoms with Gasteiger partial charge in [-0.25, -0.2) is 9.78 Å². The van der Waals surface area contributed by atoms with Crippen LogP contribution in [0, 0.1) is 12.1 Å². The van der Waals surface area contributed by atoms with E-state index in [4.69, 9.17) is 5.11 Å². The minimum absolute atomic E-state index is 0.164. The normalized spacial score (nSPS) is 10.0. The van der Waals surface area contributed by atoms with Gasteiger partial charge in [0.25, 0.3) is 0 Å². The third-order valence-corrected chi connectivity index (χ3v) is 1.76. The van der Waals surface area contributed by atoms with Crippen molar-refractivity contribution in [2.45, 2.75) is 20.3 Å². The van der Waals surface area contributed by atoms with Gasteiger partial charge in [-0.1, -0.05) is 6.92 Å². The summed E-state index contributed by atoms with van der Waals surface area (Å²) >= 11 is 0. The Labute approximate surface area is 75.2 Å². The Morgan fingerprint density at radius 1 is 1.77 bits per heavy atom. The fourth-order valence-electron chi connectivity index (χ4n) is 1.08. The van der Waals surface area contributed by atoms with Crippen LogP contribution in [0.25, 0.3) is 0 Å². The van der Waals surface area contributed by atoms with Crippen LogP contribution in [0.1, 0.15) is 28.8 Å². The average Bonchev–Trinajstić information content (AvgIpc) is 2.09. The number of aromatic carboxylic acids is 1. The first-order valence-electron chi connectivity index (χ1n) is 3.89. The van der Waals surface area contributed by atoms with E-state index in [0.29, 0.717) is 16.8 Å². The molecule has 1 aromatic rings. The van der Waals surface area contributed by atoms with E-state index in [1.54, 1.807) is 13.8 Å². The number of hydrogen-bond donors (Lipinski definition) is 1. The second kappa shape index (κ2) is 3.38.